The minimum Gasteiger partial charge on any atom is -0.333 e. The van der Waals surface area contributed by atoms with Crippen molar-refractivity contribution in [2.45, 2.75) is 32.7 Å². The van der Waals surface area contributed by atoms with Crippen molar-refractivity contribution in [3.63, 3.8) is 0 Å². The van der Waals surface area contributed by atoms with Crippen molar-refractivity contribution >= 4 is 24.1 Å². The van der Waals surface area contributed by atoms with Gasteiger partial charge in [0.25, 0.3) is 5.78 Å². The second kappa shape index (κ2) is 8.62. The second-order valence-corrected chi connectivity index (χ2v) is 6.83. The molecule has 28 heavy (non-hydrogen) atoms. The summed E-state index contributed by atoms with van der Waals surface area (Å²) in [6, 6.07) is 3.97. The van der Waals surface area contributed by atoms with Crippen LogP contribution in [-0.2, 0) is 11.2 Å². The highest BCUT2D eigenvalue weighted by molar-refractivity contribution is 5.85. The third kappa shape index (κ3) is 3.83. The summed E-state index contributed by atoms with van der Waals surface area (Å²) >= 11 is 0. The van der Waals surface area contributed by atoms with Crippen molar-refractivity contribution in [1.82, 2.24) is 34.8 Å². The first-order valence-corrected chi connectivity index (χ1v) is 9.21. The van der Waals surface area contributed by atoms with Crippen LogP contribution in [0.15, 0.2) is 30.9 Å². The highest BCUT2D eigenvalue weighted by Gasteiger charge is 2.28. The normalized spacial score (nSPS) is 16.8. The summed E-state index contributed by atoms with van der Waals surface area (Å²) < 4.78 is 1.73. The van der Waals surface area contributed by atoms with E-state index in [1.54, 1.807) is 10.7 Å². The first-order chi connectivity index (χ1) is 13.1. The van der Waals surface area contributed by atoms with Gasteiger partial charge < -0.3 is 10.2 Å². The second-order valence-electron chi connectivity index (χ2n) is 6.83. The number of hydrogen-bond acceptors (Lipinski definition) is 6. The van der Waals surface area contributed by atoms with Crippen LogP contribution in [0.4, 0.5) is 0 Å². The predicted octanol–water partition coefficient (Wildman–Crippen LogP) is 1.66. The number of carbonyl (C=O) groups excluding carboxylic acids is 1. The molecule has 1 aliphatic rings. The number of fused-ring (bicyclic) bond motifs is 1. The number of aromatic nitrogens is 5. The van der Waals surface area contributed by atoms with Gasteiger partial charge in [-0.15, -0.1) is 12.4 Å². The molecule has 1 N–H and O–H groups in total. The highest BCUT2D eigenvalue weighted by Crippen LogP contribution is 2.23. The molecule has 4 rings (SSSR count). The van der Waals surface area contributed by atoms with E-state index in [0.717, 1.165) is 35.6 Å². The predicted molar refractivity (Wildman–Crippen MR) is 107 cm³/mol. The van der Waals surface area contributed by atoms with Gasteiger partial charge in [-0.3, -0.25) is 9.78 Å². The van der Waals surface area contributed by atoms with Gasteiger partial charge in [-0.25, -0.2) is 9.50 Å². The zero-order chi connectivity index (χ0) is 18.8. The summed E-state index contributed by atoms with van der Waals surface area (Å²) in [7, 11) is 0. The van der Waals surface area contributed by atoms with Gasteiger partial charge in [-0.05, 0) is 37.5 Å². The summed E-state index contributed by atoms with van der Waals surface area (Å²) in [4.78, 5) is 27.8. The van der Waals surface area contributed by atoms with Gasteiger partial charge in [-0.2, -0.15) is 10.1 Å². The summed E-state index contributed by atoms with van der Waals surface area (Å²) in [6.07, 6.45) is 6.19. The molecular formula is C19H24ClN7O. The molecule has 0 radical (unpaired) electrons. The van der Waals surface area contributed by atoms with Crippen LogP contribution in [0.3, 0.4) is 0 Å². The quantitative estimate of drug-likeness (QED) is 0.715. The van der Waals surface area contributed by atoms with Crippen molar-refractivity contribution in [2.24, 2.45) is 0 Å². The number of pyridine rings is 1. The number of hydrogen-bond donors (Lipinski definition) is 1. The molecule has 1 amide bonds. The number of nitrogens with zero attached hydrogens (tertiary/aromatic N) is 6. The largest absolute Gasteiger partial charge is 0.333 e. The van der Waals surface area contributed by atoms with Crippen molar-refractivity contribution in [1.29, 1.82) is 0 Å². The van der Waals surface area contributed by atoms with Gasteiger partial charge in [0.1, 0.15) is 6.33 Å². The molecule has 0 saturated carbocycles. The molecule has 1 atom stereocenters. The van der Waals surface area contributed by atoms with E-state index >= 15 is 0 Å². The fraction of sp³-hybridized carbons (Fsp3) is 0.421. The van der Waals surface area contributed by atoms with E-state index in [1.807, 2.05) is 37.1 Å². The minimum absolute atomic E-state index is 0. The summed E-state index contributed by atoms with van der Waals surface area (Å²) in [5, 5.41) is 7.60. The van der Waals surface area contributed by atoms with Crippen LogP contribution >= 0.6 is 12.4 Å². The van der Waals surface area contributed by atoms with Crippen LogP contribution in [0.5, 0.6) is 0 Å². The monoisotopic (exact) mass is 401 g/mol. The molecule has 9 heteroatoms. The van der Waals surface area contributed by atoms with Gasteiger partial charge in [0.2, 0.25) is 5.91 Å². The molecule has 0 bridgehead atoms. The number of piperazine rings is 1. The SMILES string of the molecule is Cc1nc2ncnn2c(C)c1CCC(=O)N1CCNCC1c1cccnc1.Cl. The van der Waals surface area contributed by atoms with Crippen LogP contribution in [-0.4, -0.2) is 55.0 Å². The molecule has 3 aromatic heterocycles. The van der Waals surface area contributed by atoms with E-state index in [4.69, 9.17) is 0 Å². The third-order valence-electron chi connectivity index (χ3n) is 5.21. The van der Waals surface area contributed by atoms with Crippen LogP contribution in [0, 0.1) is 13.8 Å². The number of nitrogens with one attached hydrogen (secondary N) is 1. The lowest BCUT2D eigenvalue weighted by molar-refractivity contribution is -0.134. The van der Waals surface area contributed by atoms with E-state index in [0.29, 0.717) is 25.2 Å². The van der Waals surface area contributed by atoms with E-state index in [1.165, 1.54) is 6.33 Å². The Morgan fingerprint density at radius 2 is 2.21 bits per heavy atom. The van der Waals surface area contributed by atoms with Gasteiger partial charge in [0.05, 0.1) is 6.04 Å². The Bertz CT molecular complexity index is 960. The maximum absolute atomic E-state index is 13.0. The van der Waals surface area contributed by atoms with Crippen LogP contribution in [0.25, 0.3) is 5.78 Å². The third-order valence-corrected chi connectivity index (χ3v) is 5.21. The van der Waals surface area contributed by atoms with Crippen LogP contribution in [0.2, 0.25) is 0 Å². The first kappa shape index (κ1) is 20.2. The summed E-state index contributed by atoms with van der Waals surface area (Å²) in [5.41, 5.74) is 4.03. The zero-order valence-electron chi connectivity index (χ0n) is 16.0. The smallest absolute Gasteiger partial charge is 0.252 e. The van der Waals surface area contributed by atoms with Crippen molar-refractivity contribution in [3.8, 4) is 0 Å². The van der Waals surface area contributed by atoms with Gasteiger partial charge in [0, 0.05) is 49.8 Å². The lowest BCUT2D eigenvalue weighted by Gasteiger charge is -2.36. The average Bonchev–Trinajstić information content (AvgIpc) is 3.17. The molecule has 1 aliphatic heterocycles. The van der Waals surface area contributed by atoms with E-state index in [9.17, 15) is 4.79 Å². The lowest BCUT2D eigenvalue weighted by Crippen LogP contribution is -2.48. The number of rotatable bonds is 4. The molecular weight excluding hydrogens is 378 g/mol. The molecule has 0 spiro atoms. The molecule has 0 aliphatic carbocycles. The summed E-state index contributed by atoms with van der Waals surface area (Å²) in [5.74, 6) is 0.752. The van der Waals surface area contributed by atoms with Crippen molar-refractivity contribution < 1.29 is 4.79 Å². The zero-order valence-corrected chi connectivity index (χ0v) is 16.8. The number of aryl methyl sites for hydroxylation is 2. The molecule has 1 saturated heterocycles. The lowest BCUT2D eigenvalue weighted by atomic mass is 10.0. The summed E-state index contributed by atoms with van der Waals surface area (Å²) in [6.45, 7) is 6.23. The number of halogens is 1. The van der Waals surface area contributed by atoms with Crippen molar-refractivity contribution in [3.05, 3.63) is 53.4 Å². The van der Waals surface area contributed by atoms with E-state index in [-0.39, 0.29) is 24.4 Å². The Balaban J connectivity index is 0.00000225. The van der Waals surface area contributed by atoms with Crippen LogP contribution in [0.1, 0.15) is 35.0 Å². The highest BCUT2D eigenvalue weighted by atomic mass is 35.5. The molecule has 0 aromatic carbocycles. The maximum atomic E-state index is 13.0. The minimum atomic E-state index is 0. The van der Waals surface area contributed by atoms with Gasteiger partial charge in [-0.1, -0.05) is 6.07 Å². The van der Waals surface area contributed by atoms with Gasteiger partial charge in [0.15, 0.2) is 0 Å². The Morgan fingerprint density at radius 3 is 3.00 bits per heavy atom. The molecule has 1 fully saturated rings. The first-order valence-electron chi connectivity index (χ1n) is 9.21. The Kier molecular flexibility index (Phi) is 6.21. The topological polar surface area (TPSA) is 88.3 Å². The molecule has 3 aromatic rings. The molecule has 4 heterocycles. The standard InChI is InChI=1S/C19H23N7O.ClH/c1-13-16(14(2)26-19(24-13)22-12-23-26)5-6-18(27)25-9-8-21-11-17(25)15-4-3-7-20-10-15;/h3-4,7,10,12,17,21H,5-6,8-9,11H2,1-2H3;1H. The fourth-order valence-corrected chi connectivity index (χ4v) is 3.77. The molecule has 1 unspecified atom stereocenters. The van der Waals surface area contributed by atoms with Crippen LogP contribution < -0.4 is 5.32 Å². The maximum Gasteiger partial charge on any atom is 0.252 e. The van der Waals surface area contributed by atoms with Gasteiger partial charge >= 0.3 is 0 Å². The van der Waals surface area contributed by atoms with E-state index in [2.05, 4.69) is 25.4 Å². The number of amides is 1. The van der Waals surface area contributed by atoms with Crippen molar-refractivity contribution in [2.75, 3.05) is 19.6 Å². The molecule has 8 nitrogen and oxygen atoms in total. The number of carbonyl (C=O) groups is 1. The Labute approximate surface area is 169 Å². The van der Waals surface area contributed by atoms with E-state index < -0.39 is 0 Å². The Hall–Kier alpha value is -2.58. The fourth-order valence-electron chi connectivity index (χ4n) is 3.77. The molecule has 148 valence electrons. The average molecular weight is 402 g/mol. The Morgan fingerprint density at radius 1 is 1.36 bits per heavy atom.